The Morgan fingerprint density at radius 1 is 1.00 bits per heavy atom. The average molecular weight is 227 g/mol. The summed E-state index contributed by atoms with van der Waals surface area (Å²) in [5, 5.41) is 0. The molecule has 0 N–H and O–H groups in total. The van der Waals surface area contributed by atoms with E-state index < -0.39 is 0 Å². The van der Waals surface area contributed by atoms with Crippen molar-refractivity contribution in [2.45, 2.75) is 71.3 Å². The number of likely N-dealkylation sites (N-methyl/N-ethyl adjacent to an activating group) is 1. The van der Waals surface area contributed by atoms with Crippen LogP contribution in [0.25, 0.3) is 0 Å². The minimum atomic E-state index is -0.216. The van der Waals surface area contributed by atoms with Crippen LogP contribution in [-0.4, -0.2) is 30.3 Å². The molecule has 0 aromatic carbocycles. The van der Waals surface area contributed by atoms with Crippen molar-refractivity contribution in [3.05, 3.63) is 0 Å². The van der Waals surface area contributed by atoms with Crippen LogP contribution in [0.2, 0.25) is 0 Å². The Labute approximate surface area is 101 Å². The Balaban J connectivity index is 4.28. The van der Waals surface area contributed by atoms with Crippen LogP contribution < -0.4 is 0 Å². The van der Waals surface area contributed by atoms with Crippen LogP contribution in [0, 0.1) is 0 Å². The van der Waals surface area contributed by atoms with Gasteiger partial charge in [-0.25, -0.2) is 0 Å². The Morgan fingerprint density at radius 2 is 1.56 bits per heavy atom. The molecule has 0 rings (SSSR count). The summed E-state index contributed by atoms with van der Waals surface area (Å²) in [6.45, 7) is 6.44. The Hall–Kier alpha value is -0.370. The number of carbonyl (C=O) groups is 1. The topological polar surface area (TPSA) is 20.3 Å². The fourth-order valence-corrected chi connectivity index (χ4v) is 2.47. The first-order chi connectivity index (χ1) is 7.55. The number of rotatable bonds is 9. The van der Waals surface area contributed by atoms with Gasteiger partial charge in [-0.2, -0.15) is 0 Å². The lowest BCUT2D eigenvalue weighted by molar-refractivity contribution is -0.130. The second-order valence-electron chi connectivity index (χ2n) is 4.87. The summed E-state index contributed by atoms with van der Waals surface area (Å²) in [4.78, 5) is 14.4. The molecule has 0 amide bonds. The maximum Gasteiger partial charge on any atom is 0.153 e. The first-order valence-corrected chi connectivity index (χ1v) is 6.75. The van der Waals surface area contributed by atoms with Gasteiger partial charge in [-0.3, -0.25) is 9.69 Å². The molecule has 0 aromatic rings. The summed E-state index contributed by atoms with van der Waals surface area (Å²) in [6, 6.07) is 0. The maximum absolute atomic E-state index is 12.3. The maximum atomic E-state index is 12.3. The molecule has 0 heterocycles. The van der Waals surface area contributed by atoms with Crippen molar-refractivity contribution in [3.8, 4) is 0 Å². The molecule has 2 heteroatoms. The predicted molar refractivity (Wildman–Crippen MR) is 70.8 cm³/mol. The zero-order chi connectivity index (χ0) is 12.6. The standard InChI is InChI=1S/C14H29NO/c1-6-9-10-11-12-13(16)14(7-2,8-3)15(4)5/h6-12H2,1-5H3. The van der Waals surface area contributed by atoms with Crippen molar-refractivity contribution < 1.29 is 4.79 Å². The summed E-state index contributed by atoms with van der Waals surface area (Å²) in [6.07, 6.45) is 7.32. The van der Waals surface area contributed by atoms with Gasteiger partial charge < -0.3 is 0 Å². The van der Waals surface area contributed by atoms with Crippen LogP contribution in [0.3, 0.4) is 0 Å². The molecule has 0 radical (unpaired) electrons. The first-order valence-electron chi connectivity index (χ1n) is 6.75. The highest BCUT2D eigenvalue weighted by atomic mass is 16.1. The first kappa shape index (κ1) is 15.6. The fraction of sp³-hybridized carbons (Fsp3) is 0.929. The third kappa shape index (κ3) is 3.89. The van der Waals surface area contributed by atoms with E-state index in [-0.39, 0.29) is 5.54 Å². The van der Waals surface area contributed by atoms with E-state index >= 15 is 0 Å². The largest absolute Gasteiger partial charge is 0.298 e. The molecular weight excluding hydrogens is 198 g/mol. The Morgan fingerprint density at radius 3 is 1.94 bits per heavy atom. The van der Waals surface area contributed by atoms with E-state index in [1.807, 2.05) is 14.1 Å². The van der Waals surface area contributed by atoms with E-state index in [9.17, 15) is 4.79 Å². The number of Topliss-reactive ketones (excluding diaryl/α,β-unsaturated/α-hetero) is 1. The zero-order valence-corrected chi connectivity index (χ0v) is 11.8. The van der Waals surface area contributed by atoms with Gasteiger partial charge in [0.15, 0.2) is 5.78 Å². The number of hydrogen-bond acceptors (Lipinski definition) is 2. The molecule has 0 aliphatic carbocycles. The zero-order valence-electron chi connectivity index (χ0n) is 11.8. The lowest BCUT2D eigenvalue weighted by Crippen LogP contribution is -2.50. The summed E-state index contributed by atoms with van der Waals surface area (Å²) < 4.78 is 0. The normalized spacial score (nSPS) is 12.1. The van der Waals surface area contributed by atoms with Gasteiger partial charge in [-0.1, -0.05) is 40.0 Å². The van der Waals surface area contributed by atoms with Crippen LogP contribution in [0.15, 0.2) is 0 Å². The van der Waals surface area contributed by atoms with Crippen LogP contribution >= 0.6 is 0 Å². The van der Waals surface area contributed by atoms with Crippen LogP contribution in [0.1, 0.15) is 65.7 Å². The SMILES string of the molecule is CCCCCCC(=O)C(CC)(CC)N(C)C. The summed E-state index contributed by atoms with van der Waals surface area (Å²) in [5.41, 5.74) is -0.216. The fourth-order valence-electron chi connectivity index (χ4n) is 2.47. The smallest absolute Gasteiger partial charge is 0.153 e. The molecule has 16 heavy (non-hydrogen) atoms. The van der Waals surface area contributed by atoms with Crippen molar-refractivity contribution in [1.29, 1.82) is 0 Å². The number of unbranched alkanes of at least 4 members (excludes halogenated alkanes) is 3. The number of carbonyl (C=O) groups excluding carboxylic acids is 1. The highest BCUT2D eigenvalue weighted by Gasteiger charge is 2.35. The van der Waals surface area contributed by atoms with Gasteiger partial charge in [-0.15, -0.1) is 0 Å². The van der Waals surface area contributed by atoms with Gasteiger partial charge in [0.1, 0.15) is 0 Å². The predicted octanol–water partition coefficient (Wildman–Crippen LogP) is 3.65. The second-order valence-corrected chi connectivity index (χ2v) is 4.87. The molecular formula is C14H29NO. The molecule has 0 unspecified atom stereocenters. The number of hydrogen-bond donors (Lipinski definition) is 0. The van der Waals surface area contributed by atoms with Crippen molar-refractivity contribution in [1.82, 2.24) is 4.90 Å². The molecule has 0 bridgehead atoms. The quantitative estimate of drug-likeness (QED) is 0.560. The monoisotopic (exact) mass is 227 g/mol. The van der Waals surface area contributed by atoms with E-state index in [1.165, 1.54) is 19.3 Å². The third-order valence-electron chi connectivity index (χ3n) is 3.80. The van der Waals surface area contributed by atoms with Gasteiger partial charge in [0, 0.05) is 6.42 Å². The van der Waals surface area contributed by atoms with Crippen LogP contribution in [-0.2, 0) is 4.79 Å². The van der Waals surface area contributed by atoms with E-state index in [0.717, 1.165) is 25.7 Å². The van der Waals surface area contributed by atoms with Crippen molar-refractivity contribution in [3.63, 3.8) is 0 Å². The lowest BCUT2D eigenvalue weighted by atomic mass is 9.84. The van der Waals surface area contributed by atoms with E-state index in [0.29, 0.717) is 5.78 Å². The third-order valence-corrected chi connectivity index (χ3v) is 3.80. The van der Waals surface area contributed by atoms with Gasteiger partial charge in [-0.05, 0) is 33.4 Å². The minimum Gasteiger partial charge on any atom is -0.298 e. The van der Waals surface area contributed by atoms with E-state index in [2.05, 4.69) is 25.7 Å². The Kier molecular flexibility index (Phi) is 7.65. The molecule has 0 saturated heterocycles. The average Bonchev–Trinajstić information content (AvgIpc) is 2.26. The summed E-state index contributed by atoms with van der Waals surface area (Å²) in [7, 11) is 4.05. The van der Waals surface area contributed by atoms with Gasteiger partial charge in [0.25, 0.3) is 0 Å². The van der Waals surface area contributed by atoms with Crippen molar-refractivity contribution in [2.75, 3.05) is 14.1 Å². The number of ketones is 1. The molecule has 0 aliphatic heterocycles. The van der Waals surface area contributed by atoms with Gasteiger partial charge in [0.05, 0.1) is 5.54 Å². The highest BCUT2D eigenvalue weighted by molar-refractivity contribution is 5.88. The molecule has 0 fully saturated rings. The summed E-state index contributed by atoms with van der Waals surface area (Å²) in [5.74, 6) is 0.429. The molecule has 0 aliphatic rings. The van der Waals surface area contributed by atoms with Gasteiger partial charge in [0.2, 0.25) is 0 Å². The van der Waals surface area contributed by atoms with E-state index in [4.69, 9.17) is 0 Å². The number of nitrogens with zero attached hydrogens (tertiary/aromatic N) is 1. The molecule has 2 nitrogen and oxygen atoms in total. The summed E-state index contributed by atoms with van der Waals surface area (Å²) >= 11 is 0. The molecule has 0 atom stereocenters. The molecule has 0 spiro atoms. The second kappa shape index (κ2) is 7.83. The molecule has 0 aromatic heterocycles. The lowest BCUT2D eigenvalue weighted by Gasteiger charge is -2.37. The van der Waals surface area contributed by atoms with Crippen LogP contribution in [0.4, 0.5) is 0 Å². The van der Waals surface area contributed by atoms with E-state index in [1.54, 1.807) is 0 Å². The van der Waals surface area contributed by atoms with Gasteiger partial charge >= 0.3 is 0 Å². The van der Waals surface area contributed by atoms with Crippen molar-refractivity contribution in [2.24, 2.45) is 0 Å². The molecule has 96 valence electrons. The Bertz CT molecular complexity index is 195. The van der Waals surface area contributed by atoms with Crippen LogP contribution in [0.5, 0.6) is 0 Å². The minimum absolute atomic E-state index is 0.216. The van der Waals surface area contributed by atoms with Crippen molar-refractivity contribution >= 4 is 5.78 Å². The highest BCUT2D eigenvalue weighted by Crippen LogP contribution is 2.25. The molecule has 0 saturated carbocycles.